The van der Waals surface area contributed by atoms with Gasteiger partial charge < -0.3 is 10.1 Å². The summed E-state index contributed by atoms with van der Waals surface area (Å²) in [5.74, 6) is 0.420. The third-order valence-electron chi connectivity index (χ3n) is 2.52. The van der Waals surface area contributed by atoms with Gasteiger partial charge in [0.05, 0.1) is 6.20 Å². The van der Waals surface area contributed by atoms with Gasteiger partial charge >= 0.3 is 0 Å². The maximum absolute atomic E-state index is 13.2. The predicted molar refractivity (Wildman–Crippen MR) is 69.6 cm³/mol. The van der Waals surface area contributed by atoms with E-state index in [2.05, 4.69) is 27.4 Å². The number of aromatic nitrogens is 3. The maximum Gasteiger partial charge on any atom is 0.240 e. The molecule has 0 aliphatic rings. The number of nitrogens with zero attached hydrogens (tertiary/aromatic N) is 2. The molecule has 0 fully saturated rings. The molecule has 0 aliphatic heterocycles. The zero-order valence-electron chi connectivity index (χ0n) is 11.0. The van der Waals surface area contributed by atoms with Crippen LogP contribution in [0.1, 0.15) is 24.6 Å². The molecular formula is C13H17FN4O. The van der Waals surface area contributed by atoms with Gasteiger partial charge in [0.1, 0.15) is 5.82 Å². The fourth-order valence-electron chi connectivity index (χ4n) is 1.63. The summed E-state index contributed by atoms with van der Waals surface area (Å²) in [4.78, 5) is 3.97. The Kier molecular flexibility index (Phi) is 4.46. The molecule has 0 saturated carbocycles. The van der Waals surface area contributed by atoms with Crippen LogP contribution >= 0.6 is 0 Å². The summed E-state index contributed by atoms with van der Waals surface area (Å²) in [6.07, 6.45) is 2.15. The van der Waals surface area contributed by atoms with Crippen LogP contribution in [0, 0.1) is 12.7 Å². The van der Waals surface area contributed by atoms with Gasteiger partial charge in [0, 0.05) is 23.9 Å². The SMILES string of the molecule is CCCNCc1cc(F)cnc1Oc1cc(C)[nH]n1. The van der Waals surface area contributed by atoms with Crippen LogP contribution in [0.3, 0.4) is 0 Å². The van der Waals surface area contributed by atoms with Crippen molar-refractivity contribution in [3.63, 3.8) is 0 Å². The Morgan fingerprint density at radius 1 is 1.42 bits per heavy atom. The Morgan fingerprint density at radius 3 is 2.95 bits per heavy atom. The van der Waals surface area contributed by atoms with E-state index < -0.39 is 0 Å². The molecule has 0 amide bonds. The van der Waals surface area contributed by atoms with Crippen LogP contribution in [0.15, 0.2) is 18.3 Å². The summed E-state index contributed by atoms with van der Waals surface area (Å²) in [6, 6.07) is 3.18. The number of hydrogen-bond acceptors (Lipinski definition) is 4. The molecule has 2 aromatic rings. The summed E-state index contributed by atoms with van der Waals surface area (Å²) in [5.41, 5.74) is 1.57. The molecule has 0 aromatic carbocycles. The Labute approximate surface area is 111 Å². The van der Waals surface area contributed by atoms with Gasteiger partial charge in [-0.25, -0.2) is 9.37 Å². The van der Waals surface area contributed by atoms with E-state index in [4.69, 9.17) is 4.74 Å². The normalized spacial score (nSPS) is 10.7. The molecule has 2 aromatic heterocycles. The van der Waals surface area contributed by atoms with Gasteiger partial charge in [0.2, 0.25) is 11.8 Å². The Balaban J connectivity index is 2.14. The Hall–Kier alpha value is -1.95. The highest BCUT2D eigenvalue weighted by Gasteiger charge is 2.09. The molecule has 0 spiro atoms. The zero-order chi connectivity index (χ0) is 13.7. The highest BCUT2D eigenvalue weighted by atomic mass is 19.1. The van der Waals surface area contributed by atoms with Crippen LogP contribution in [0.25, 0.3) is 0 Å². The van der Waals surface area contributed by atoms with E-state index in [-0.39, 0.29) is 5.82 Å². The Bertz CT molecular complexity index is 541. The van der Waals surface area contributed by atoms with E-state index in [0.717, 1.165) is 24.9 Å². The Morgan fingerprint density at radius 2 is 2.26 bits per heavy atom. The smallest absolute Gasteiger partial charge is 0.240 e. The molecule has 2 rings (SSSR count). The molecule has 19 heavy (non-hydrogen) atoms. The first-order chi connectivity index (χ1) is 9.19. The fourth-order valence-corrected chi connectivity index (χ4v) is 1.63. The molecule has 0 atom stereocenters. The van der Waals surface area contributed by atoms with Crippen molar-refractivity contribution in [3.8, 4) is 11.8 Å². The molecule has 2 N–H and O–H groups in total. The van der Waals surface area contributed by atoms with Crippen molar-refractivity contribution < 1.29 is 9.13 Å². The second-order valence-corrected chi connectivity index (χ2v) is 4.29. The number of nitrogens with one attached hydrogen (secondary N) is 2. The monoisotopic (exact) mass is 264 g/mol. The first kappa shape index (κ1) is 13.5. The van der Waals surface area contributed by atoms with E-state index in [1.165, 1.54) is 6.07 Å². The zero-order valence-corrected chi connectivity index (χ0v) is 11.0. The number of pyridine rings is 1. The minimum absolute atomic E-state index is 0.372. The van der Waals surface area contributed by atoms with Crippen molar-refractivity contribution >= 4 is 0 Å². The quantitative estimate of drug-likeness (QED) is 0.787. The number of aryl methyl sites for hydroxylation is 1. The van der Waals surface area contributed by atoms with Gasteiger partial charge in [0.25, 0.3) is 0 Å². The van der Waals surface area contributed by atoms with Crippen LogP contribution in [0.5, 0.6) is 11.8 Å². The number of ether oxygens (including phenoxy) is 1. The van der Waals surface area contributed by atoms with E-state index in [0.29, 0.717) is 23.9 Å². The van der Waals surface area contributed by atoms with Gasteiger partial charge in [0.15, 0.2) is 0 Å². The standard InChI is InChI=1S/C13H17FN4O/c1-3-4-15-7-10-6-11(14)8-16-13(10)19-12-5-9(2)17-18-12/h5-6,8,15H,3-4,7H2,1-2H3,(H,17,18). The minimum Gasteiger partial charge on any atom is -0.419 e. The molecule has 0 saturated heterocycles. The summed E-state index contributed by atoms with van der Waals surface area (Å²) in [5, 5.41) is 9.94. The van der Waals surface area contributed by atoms with Crippen molar-refractivity contribution in [3.05, 3.63) is 35.4 Å². The van der Waals surface area contributed by atoms with Crippen molar-refractivity contribution in [2.75, 3.05) is 6.54 Å². The third kappa shape index (κ3) is 3.75. The van der Waals surface area contributed by atoms with Crippen LogP contribution in [0.4, 0.5) is 4.39 Å². The van der Waals surface area contributed by atoms with E-state index >= 15 is 0 Å². The number of halogens is 1. The van der Waals surface area contributed by atoms with Crippen molar-refractivity contribution in [1.82, 2.24) is 20.5 Å². The van der Waals surface area contributed by atoms with Crippen molar-refractivity contribution in [2.24, 2.45) is 0 Å². The van der Waals surface area contributed by atoms with Crippen molar-refractivity contribution in [1.29, 1.82) is 0 Å². The summed E-state index contributed by atoms with van der Waals surface area (Å²) < 4.78 is 18.8. The lowest BCUT2D eigenvalue weighted by Gasteiger charge is -2.09. The molecule has 0 radical (unpaired) electrons. The van der Waals surface area contributed by atoms with Crippen LogP contribution in [-0.4, -0.2) is 21.7 Å². The first-order valence-electron chi connectivity index (χ1n) is 6.24. The molecule has 0 unspecified atom stereocenters. The third-order valence-corrected chi connectivity index (χ3v) is 2.52. The fraction of sp³-hybridized carbons (Fsp3) is 0.385. The van der Waals surface area contributed by atoms with E-state index in [9.17, 15) is 4.39 Å². The van der Waals surface area contributed by atoms with E-state index in [1.807, 2.05) is 6.92 Å². The van der Waals surface area contributed by atoms with E-state index in [1.54, 1.807) is 6.07 Å². The molecule has 6 heteroatoms. The first-order valence-corrected chi connectivity index (χ1v) is 6.24. The molecule has 2 heterocycles. The second kappa shape index (κ2) is 6.29. The lowest BCUT2D eigenvalue weighted by atomic mass is 10.2. The van der Waals surface area contributed by atoms with Gasteiger partial charge in [-0.1, -0.05) is 6.92 Å². The summed E-state index contributed by atoms with van der Waals surface area (Å²) >= 11 is 0. The van der Waals surface area contributed by atoms with Gasteiger partial charge in [-0.3, -0.25) is 5.10 Å². The molecule has 0 aliphatic carbocycles. The lowest BCUT2D eigenvalue weighted by Crippen LogP contribution is -2.15. The van der Waals surface area contributed by atoms with Gasteiger partial charge in [-0.15, -0.1) is 5.10 Å². The second-order valence-electron chi connectivity index (χ2n) is 4.29. The summed E-state index contributed by atoms with van der Waals surface area (Å²) in [7, 11) is 0. The van der Waals surface area contributed by atoms with Crippen LogP contribution in [0.2, 0.25) is 0 Å². The maximum atomic E-state index is 13.2. The number of hydrogen-bond donors (Lipinski definition) is 2. The average Bonchev–Trinajstić information content (AvgIpc) is 2.78. The minimum atomic E-state index is -0.376. The number of aromatic amines is 1. The summed E-state index contributed by atoms with van der Waals surface area (Å²) in [6.45, 7) is 5.32. The largest absolute Gasteiger partial charge is 0.419 e. The molecular weight excluding hydrogens is 247 g/mol. The van der Waals surface area contributed by atoms with Gasteiger partial charge in [-0.2, -0.15) is 0 Å². The highest BCUT2D eigenvalue weighted by molar-refractivity contribution is 5.29. The molecule has 102 valence electrons. The topological polar surface area (TPSA) is 62.8 Å². The highest BCUT2D eigenvalue weighted by Crippen LogP contribution is 2.22. The number of H-pyrrole nitrogens is 1. The average molecular weight is 264 g/mol. The van der Waals surface area contributed by atoms with Crippen molar-refractivity contribution in [2.45, 2.75) is 26.8 Å². The molecule has 5 nitrogen and oxygen atoms in total. The van der Waals surface area contributed by atoms with Gasteiger partial charge in [-0.05, 0) is 26.0 Å². The lowest BCUT2D eigenvalue weighted by molar-refractivity contribution is 0.431. The molecule has 0 bridgehead atoms. The van der Waals surface area contributed by atoms with Crippen LogP contribution < -0.4 is 10.1 Å². The van der Waals surface area contributed by atoms with Crippen LogP contribution in [-0.2, 0) is 6.54 Å². The predicted octanol–water partition coefficient (Wildman–Crippen LogP) is 2.54. The number of rotatable bonds is 6.